The molecular weight excluding hydrogens is 318 g/mol. The van der Waals surface area contributed by atoms with Crippen LogP contribution in [-0.4, -0.2) is 36.7 Å². The highest BCUT2D eigenvalue weighted by molar-refractivity contribution is 6.17. The number of cyclic esters (lactones) is 1. The molecule has 24 heavy (non-hydrogen) atoms. The maximum atomic E-state index is 12.3. The molecule has 0 radical (unpaired) electrons. The van der Waals surface area contributed by atoms with Gasteiger partial charge in [0.05, 0.1) is 23.2 Å². The molecule has 8 heteroatoms. The lowest BCUT2D eigenvalue weighted by atomic mass is 9.89. The molecule has 1 aromatic carbocycles. The number of carbonyl (C=O) groups is 2. The van der Waals surface area contributed by atoms with Crippen LogP contribution in [0.15, 0.2) is 24.8 Å². The summed E-state index contributed by atoms with van der Waals surface area (Å²) < 4.78 is 15.1. The third kappa shape index (κ3) is 3.22. The van der Waals surface area contributed by atoms with Gasteiger partial charge in [0.15, 0.2) is 0 Å². The number of rotatable bonds is 5. The lowest BCUT2D eigenvalue weighted by Gasteiger charge is -2.22. The molecule has 1 aliphatic rings. The quantitative estimate of drug-likeness (QED) is 0.351. The first-order chi connectivity index (χ1) is 11.2. The zero-order chi connectivity index (χ0) is 18.1. The van der Waals surface area contributed by atoms with Crippen molar-refractivity contribution in [3.05, 3.63) is 40.5 Å². The maximum absolute atomic E-state index is 12.3. The minimum absolute atomic E-state index is 0.0338. The number of methoxy groups -OCH3 is 1. The fourth-order valence-corrected chi connectivity index (χ4v) is 2.27. The van der Waals surface area contributed by atoms with Gasteiger partial charge in [0.1, 0.15) is 12.4 Å². The Morgan fingerprint density at radius 2 is 2.12 bits per heavy atom. The number of carbonyl (C=O) groups excluding carboxylic acids is 2. The van der Waals surface area contributed by atoms with E-state index in [1.165, 1.54) is 25.3 Å². The van der Waals surface area contributed by atoms with Gasteiger partial charge in [0, 0.05) is 11.5 Å². The number of hydrogen-bond donors (Lipinski definition) is 0. The fourth-order valence-electron chi connectivity index (χ4n) is 2.27. The second-order valence-electron chi connectivity index (χ2n) is 6.00. The fraction of sp³-hybridized carbons (Fsp3) is 0.375. The molecule has 128 valence electrons. The second kappa shape index (κ2) is 6.31. The monoisotopic (exact) mass is 335 g/mol. The van der Waals surface area contributed by atoms with Crippen LogP contribution in [0.5, 0.6) is 5.75 Å². The number of esters is 2. The zero-order valence-corrected chi connectivity index (χ0v) is 13.5. The first-order valence-electron chi connectivity index (χ1n) is 7.06. The molecule has 1 heterocycles. The molecule has 2 rings (SSSR count). The zero-order valence-electron chi connectivity index (χ0n) is 13.5. The van der Waals surface area contributed by atoms with Gasteiger partial charge in [-0.15, -0.1) is 0 Å². The van der Waals surface area contributed by atoms with Gasteiger partial charge < -0.3 is 14.2 Å². The van der Waals surface area contributed by atoms with E-state index in [1.54, 1.807) is 13.8 Å². The van der Waals surface area contributed by atoms with E-state index in [0.29, 0.717) is 5.75 Å². The van der Waals surface area contributed by atoms with Crippen LogP contribution >= 0.6 is 0 Å². The van der Waals surface area contributed by atoms with Gasteiger partial charge >= 0.3 is 11.9 Å². The van der Waals surface area contributed by atoms with Gasteiger partial charge in [-0.2, -0.15) is 0 Å². The van der Waals surface area contributed by atoms with Crippen molar-refractivity contribution < 1.29 is 28.7 Å². The van der Waals surface area contributed by atoms with E-state index in [4.69, 9.17) is 14.2 Å². The van der Waals surface area contributed by atoms with Crippen LogP contribution in [-0.2, 0) is 19.1 Å². The van der Waals surface area contributed by atoms with E-state index < -0.39 is 28.4 Å². The van der Waals surface area contributed by atoms with Crippen LogP contribution in [0.3, 0.4) is 0 Å². The van der Waals surface area contributed by atoms with E-state index in [2.05, 4.69) is 6.58 Å². The first-order valence-corrected chi connectivity index (χ1v) is 7.06. The second-order valence-corrected chi connectivity index (χ2v) is 6.00. The smallest absolute Gasteiger partial charge is 0.348 e. The molecule has 1 saturated heterocycles. The van der Waals surface area contributed by atoms with Crippen LogP contribution in [0.1, 0.15) is 19.4 Å². The van der Waals surface area contributed by atoms with E-state index in [9.17, 15) is 19.7 Å². The Hall–Kier alpha value is -2.90. The molecule has 1 aromatic rings. The Morgan fingerprint density at radius 3 is 2.62 bits per heavy atom. The Labute approximate surface area is 138 Å². The molecule has 0 bridgehead atoms. The van der Waals surface area contributed by atoms with Gasteiger partial charge in [-0.25, -0.2) is 9.59 Å². The van der Waals surface area contributed by atoms with E-state index >= 15 is 0 Å². The van der Waals surface area contributed by atoms with Crippen LogP contribution in [0.25, 0.3) is 5.57 Å². The Bertz CT molecular complexity index is 723. The highest BCUT2D eigenvalue weighted by atomic mass is 16.6. The summed E-state index contributed by atoms with van der Waals surface area (Å²) in [5.74, 6) is -1.25. The minimum atomic E-state index is -1.09. The van der Waals surface area contributed by atoms with Crippen molar-refractivity contribution in [3.63, 3.8) is 0 Å². The van der Waals surface area contributed by atoms with Gasteiger partial charge in [0.2, 0.25) is 6.10 Å². The molecule has 1 aliphatic heterocycles. The maximum Gasteiger partial charge on any atom is 0.348 e. The molecule has 0 N–H and O–H groups in total. The van der Waals surface area contributed by atoms with Crippen molar-refractivity contribution in [1.82, 2.24) is 0 Å². The van der Waals surface area contributed by atoms with Crippen LogP contribution in [0, 0.1) is 15.5 Å². The molecule has 8 nitrogen and oxygen atoms in total. The van der Waals surface area contributed by atoms with Crippen molar-refractivity contribution in [2.45, 2.75) is 20.0 Å². The predicted octanol–water partition coefficient (Wildman–Crippen LogP) is 2.11. The third-order valence-corrected chi connectivity index (χ3v) is 3.71. The van der Waals surface area contributed by atoms with E-state index in [1.807, 2.05) is 0 Å². The lowest BCUT2D eigenvalue weighted by molar-refractivity contribution is -0.385. The van der Waals surface area contributed by atoms with Crippen molar-refractivity contribution in [2.24, 2.45) is 5.41 Å². The lowest BCUT2D eigenvalue weighted by Crippen LogP contribution is -2.35. The molecule has 0 unspecified atom stereocenters. The number of benzene rings is 1. The summed E-state index contributed by atoms with van der Waals surface area (Å²) in [5.41, 5.74) is -1.27. The number of nitro groups is 1. The summed E-state index contributed by atoms with van der Waals surface area (Å²) in [6.45, 7) is 7.12. The highest BCUT2D eigenvalue weighted by Crippen LogP contribution is 2.34. The van der Waals surface area contributed by atoms with Gasteiger partial charge in [-0.1, -0.05) is 20.4 Å². The van der Waals surface area contributed by atoms with E-state index in [0.717, 1.165) is 0 Å². The van der Waals surface area contributed by atoms with Gasteiger partial charge in [0.25, 0.3) is 5.69 Å². The molecule has 0 aromatic heterocycles. The van der Waals surface area contributed by atoms with Crippen LogP contribution in [0.2, 0.25) is 0 Å². The summed E-state index contributed by atoms with van der Waals surface area (Å²) in [6.07, 6.45) is -1.09. The highest BCUT2D eigenvalue weighted by Gasteiger charge is 2.47. The summed E-state index contributed by atoms with van der Waals surface area (Å²) in [4.78, 5) is 34.5. The summed E-state index contributed by atoms with van der Waals surface area (Å²) >= 11 is 0. The van der Waals surface area contributed by atoms with Crippen LogP contribution in [0.4, 0.5) is 5.69 Å². The topological polar surface area (TPSA) is 105 Å². The minimum Gasteiger partial charge on any atom is -0.497 e. The number of hydrogen-bond acceptors (Lipinski definition) is 7. The molecule has 0 spiro atoms. The standard InChI is InChI=1S/C16H17NO7/c1-9(11-7-10(22-4)5-6-12(11)17(20)21)14(18)24-13-15(19)23-8-16(13,2)3/h5-7,13H,1,8H2,2-4H3/t13-/m0/s1. The SMILES string of the molecule is C=C(C(=O)O[C@H]1C(=O)OCC1(C)C)c1cc(OC)ccc1[N+](=O)[O-]. The van der Waals surface area contributed by atoms with Crippen molar-refractivity contribution in [1.29, 1.82) is 0 Å². The average molecular weight is 335 g/mol. The average Bonchev–Trinajstić information content (AvgIpc) is 2.80. The Morgan fingerprint density at radius 1 is 1.46 bits per heavy atom. The number of nitrogens with zero attached hydrogens (tertiary/aromatic N) is 1. The summed E-state index contributed by atoms with van der Waals surface area (Å²) in [6, 6.07) is 3.93. The normalized spacial score (nSPS) is 18.6. The largest absolute Gasteiger partial charge is 0.497 e. The molecule has 0 aliphatic carbocycles. The van der Waals surface area contributed by atoms with Crippen molar-refractivity contribution >= 4 is 23.2 Å². The molecular formula is C16H17NO7. The molecule has 1 atom stereocenters. The summed E-state index contributed by atoms with van der Waals surface area (Å²) in [5, 5.41) is 11.1. The van der Waals surface area contributed by atoms with Crippen molar-refractivity contribution in [3.8, 4) is 5.75 Å². The molecule has 0 amide bonds. The van der Waals surface area contributed by atoms with Gasteiger partial charge in [-0.3, -0.25) is 10.1 Å². The number of ether oxygens (including phenoxy) is 3. The predicted molar refractivity (Wildman–Crippen MR) is 83.3 cm³/mol. The first kappa shape index (κ1) is 17.5. The van der Waals surface area contributed by atoms with Crippen LogP contribution < -0.4 is 4.74 Å². The third-order valence-electron chi connectivity index (χ3n) is 3.71. The molecule has 0 saturated carbocycles. The van der Waals surface area contributed by atoms with Gasteiger partial charge in [-0.05, 0) is 12.1 Å². The van der Waals surface area contributed by atoms with Crippen molar-refractivity contribution in [2.75, 3.05) is 13.7 Å². The number of nitro benzene ring substituents is 1. The van der Waals surface area contributed by atoms with E-state index in [-0.39, 0.29) is 23.4 Å². The molecule has 1 fully saturated rings. The Balaban J connectivity index is 2.29. The summed E-state index contributed by atoms with van der Waals surface area (Å²) in [7, 11) is 1.39. The Kier molecular flexibility index (Phi) is 4.59.